The lowest BCUT2D eigenvalue weighted by Crippen LogP contribution is -2.21. The Hall–Kier alpha value is -2.98. The normalized spacial score (nSPS) is 19.6. The molecule has 0 N–H and O–H groups in total. The van der Waals surface area contributed by atoms with E-state index in [-0.39, 0.29) is 23.1 Å². The lowest BCUT2D eigenvalue weighted by atomic mass is 10.0. The molecular formula is C22H25N4O7P. The van der Waals surface area contributed by atoms with E-state index in [0.717, 1.165) is 26.2 Å². The Morgan fingerprint density at radius 1 is 1.18 bits per heavy atom. The van der Waals surface area contributed by atoms with Crippen LogP contribution in [0.3, 0.4) is 0 Å². The zero-order chi connectivity index (χ0) is 24.0. The van der Waals surface area contributed by atoms with E-state index < -0.39 is 18.7 Å². The van der Waals surface area contributed by atoms with E-state index in [4.69, 9.17) is 14.0 Å². The van der Waals surface area contributed by atoms with E-state index in [0.29, 0.717) is 29.9 Å². The van der Waals surface area contributed by atoms with Crippen molar-refractivity contribution in [2.75, 3.05) is 46.9 Å². The van der Waals surface area contributed by atoms with Gasteiger partial charge in [-0.25, -0.2) is 9.34 Å². The quantitative estimate of drug-likeness (QED) is 0.238. The van der Waals surface area contributed by atoms with Gasteiger partial charge in [0.2, 0.25) is 5.75 Å². The highest BCUT2D eigenvalue weighted by atomic mass is 31.2. The van der Waals surface area contributed by atoms with E-state index in [1.165, 1.54) is 23.1 Å². The number of hydrogen-bond acceptors (Lipinski definition) is 7. The maximum Gasteiger partial charge on any atom is 0.346 e. The molecule has 0 bridgehead atoms. The molecule has 3 heterocycles. The number of carbonyl (C=O) groups is 1. The second-order valence-corrected chi connectivity index (χ2v) is 10.9. The SMILES string of the molecule is CN(C)C(=O)c1cccc(Oc2cc3c(cc2[N+](=O)[O-])OCCC3OP(=O)(N2CC2)N2CC2)c1. The highest BCUT2D eigenvalue weighted by Crippen LogP contribution is 2.64. The molecule has 12 heteroatoms. The summed E-state index contributed by atoms with van der Waals surface area (Å²) in [6, 6.07) is 9.28. The lowest BCUT2D eigenvalue weighted by Gasteiger charge is -2.30. The zero-order valence-electron chi connectivity index (χ0n) is 18.9. The number of fused-ring (bicyclic) bond motifs is 1. The lowest BCUT2D eigenvalue weighted by molar-refractivity contribution is -0.385. The smallest absolute Gasteiger partial charge is 0.346 e. The Morgan fingerprint density at radius 3 is 2.50 bits per heavy atom. The predicted octanol–water partition coefficient (Wildman–Crippen LogP) is 3.67. The minimum absolute atomic E-state index is 0.00871. The maximum atomic E-state index is 13.5. The van der Waals surface area contributed by atoms with Crippen molar-refractivity contribution in [3.63, 3.8) is 0 Å². The van der Waals surface area contributed by atoms with E-state index >= 15 is 0 Å². The molecule has 0 spiro atoms. The molecule has 2 fully saturated rings. The topological polar surface area (TPSA) is 114 Å². The van der Waals surface area contributed by atoms with Crippen molar-refractivity contribution in [3.8, 4) is 17.2 Å². The Kier molecular flexibility index (Phi) is 5.81. The summed E-state index contributed by atoms with van der Waals surface area (Å²) in [4.78, 5) is 25.0. The molecule has 2 aromatic rings. The fourth-order valence-electron chi connectivity index (χ4n) is 3.86. The van der Waals surface area contributed by atoms with Gasteiger partial charge in [0.1, 0.15) is 11.5 Å². The number of nitro groups is 1. The van der Waals surface area contributed by atoms with E-state index in [2.05, 4.69) is 0 Å². The minimum atomic E-state index is -3.11. The molecule has 2 aromatic carbocycles. The van der Waals surface area contributed by atoms with Crippen LogP contribution in [-0.4, -0.2) is 72.0 Å². The Balaban J connectivity index is 1.48. The van der Waals surface area contributed by atoms with E-state index in [1.54, 1.807) is 32.3 Å². The van der Waals surface area contributed by atoms with Gasteiger partial charge in [-0.1, -0.05) is 6.07 Å². The molecular weight excluding hydrogens is 463 g/mol. The van der Waals surface area contributed by atoms with Gasteiger partial charge >= 0.3 is 13.4 Å². The number of nitro benzene ring substituents is 1. The molecule has 3 aliphatic heterocycles. The molecule has 34 heavy (non-hydrogen) atoms. The number of hydrogen-bond donors (Lipinski definition) is 0. The van der Waals surface area contributed by atoms with Crippen LogP contribution in [-0.2, 0) is 9.09 Å². The second kappa shape index (κ2) is 8.66. The number of amides is 1. The monoisotopic (exact) mass is 488 g/mol. The highest BCUT2D eigenvalue weighted by Gasteiger charge is 2.51. The standard InChI is InChI=1S/C22H25N4O7P/c1-23(2)22(27)15-4-3-5-16(12-15)32-21-13-17-19(6-11-31-20(17)14-18(21)26(28)29)33-34(30,24-7-8-24)25-9-10-25/h3-5,12-14,19H,6-11H2,1-2H3. The van der Waals surface area contributed by atoms with Crippen molar-refractivity contribution in [1.82, 2.24) is 14.2 Å². The molecule has 0 radical (unpaired) electrons. The predicted molar refractivity (Wildman–Crippen MR) is 122 cm³/mol. The van der Waals surface area contributed by atoms with Crippen molar-refractivity contribution in [2.45, 2.75) is 12.5 Å². The van der Waals surface area contributed by atoms with E-state index in [1.807, 2.05) is 9.34 Å². The third-order valence-electron chi connectivity index (χ3n) is 5.81. The summed E-state index contributed by atoms with van der Waals surface area (Å²) in [5.74, 6) is 0.373. The van der Waals surface area contributed by atoms with Crippen LogP contribution < -0.4 is 9.47 Å². The van der Waals surface area contributed by atoms with Gasteiger partial charge in [-0.3, -0.25) is 24.0 Å². The summed E-state index contributed by atoms with van der Waals surface area (Å²) >= 11 is 0. The Morgan fingerprint density at radius 2 is 1.88 bits per heavy atom. The summed E-state index contributed by atoms with van der Waals surface area (Å²) in [6.07, 6.45) is -0.0940. The van der Waals surface area contributed by atoms with Crippen LogP contribution in [0.25, 0.3) is 0 Å². The molecule has 0 aliphatic carbocycles. The van der Waals surface area contributed by atoms with Gasteiger partial charge in [0.15, 0.2) is 0 Å². The van der Waals surface area contributed by atoms with Gasteiger partial charge in [-0.05, 0) is 24.3 Å². The number of ether oxygens (including phenoxy) is 2. The number of nitrogens with zero attached hydrogens (tertiary/aromatic N) is 4. The molecule has 2 saturated heterocycles. The van der Waals surface area contributed by atoms with Gasteiger partial charge in [-0.15, -0.1) is 0 Å². The second-order valence-electron chi connectivity index (χ2n) is 8.57. The number of carbonyl (C=O) groups excluding carboxylic acids is 1. The molecule has 1 atom stereocenters. The first-order valence-electron chi connectivity index (χ1n) is 11.0. The van der Waals surface area contributed by atoms with Crippen LogP contribution in [0, 0.1) is 10.1 Å². The summed E-state index contributed by atoms with van der Waals surface area (Å²) < 4.78 is 35.0. The van der Waals surface area contributed by atoms with Gasteiger partial charge in [0.25, 0.3) is 5.91 Å². The molecule has 0 saturated carbocycles. The van der Waals surface area contributed by atoms with Crippen LogP contribution in [0.5, 0.6) is 17.2 Å². The fraction of sp³-hybridized carbons (Fsp3) is 0.409. The minimum Gasteiger partial charge on any atom is -0.493 e. The molecule has 11 nitrogen and oxygen atoms in total. The first kappa shape index (κ1) is 22.8. The van der Waals surface area contributed by atoms with Gasteiger partial charge in [0, 0.05) is 57.8 Å². The van der Waals surface area contributed by atoms with Crippen molar-refractivity contribution < 1.29 is 28.3 Å². The molecule has 5 rings (SSSR count). The van der Waals surface area contributed by atoms with Crippen LogP contribution in [0.2, 0.25) is 0 Å². The summed E-state index contributed by atoms with van der Waals surface area (Å²) in [6.45, 7) is 3.19. The van der Waals surface area contributed by atoms with Crippen molar-refractivity contribution in [3.05, 3.63) is 57.6 Å². The van der Waals surface area contributed by atoms with Crippen molar-refractivity contribution >= 4 is 19.3 Å². The summed E-state index contributed by atoms with van der Waals surface area (Å²) in [5, 5.41) is 11.8. The number of rotatable bonds is 8. The molecule has 3 aliphatic rings. The highest BCUT2D eigenvalue weighted by molar-refractivity contribution is 7.54. The average Bonchev–Trinajstić information content (AvgIpc) is 3.71. The van der Waals surface area contributed by atoms with Crippen LogP contribution >= 0.6 is 7.67 Å². The molecule has 1 amide bonds. The average molecular weight is 488 g/mol. The fourth-order valence-corrected chi connectivity index (χ4v) is 6.22. The van der Waals surface area contributed by atoms with Crippen molar-refractivity contribution in [2.24, 2.45) is 0 Å². The summed E-state index contributed by atoms with van der Waals surface area (Å²) in [5.41, 5.74) is 0.672. The van der Waals surface area contributed by atoms with E-state index in [9.17, 15) is 19.5 Å². The third-order valence-corrected chi connectivity index (χ3v) is 8.57. The first-order chi connectivity index (χ1) is 16.3. The zero-order valence-corrected chi connectivity index (χ0v) is 19.8. The van der Waals surface area contributed by atoms with Gasteiger partial charge in [0.05, 0.1) is 23.7 Å². The van der Waals surface area contributed by atoms with Gasteiger partial charge in [-0.2, -0.15) is 0 Å². The number of benzene rings is 2. The van der Waals surface area contributed by atoms with Crippen LogP contribution in [0.1, 0.15) is 28.4 Å². The molecule has 0 aromatic heterocycles. The Bertz CT molecular complexity index is 1180. The van der Waals surface area contributed by atoms with Crippen molar-refractivity contribution in [1.29, 1.82) is 0 Å². The van der Waals surface area contributed by atoms with Crippen LogP contribution in [0.15, 0.2) is 36.4 Å². The van der Waals surface area contributed by atoms with Gasteiger partial charge < -0.3 is 14.4 Å². The largest absolute Gasteiger partial charge is 0.493 e. The summed E-state index contributed by atoms with van der Waals surface area (Å²) in [7, 11) is 0.166. The van der Waals surface area contributed by atoms with Crippen LogP contribution in [0.4, 0.5) is 5.69 Å². The maximum absolute atomic E-state index is 13.5. The Labute approximate surface area is 196 Å². The molecule has 180 valence electrons. The molecule has 1 unspecified atom stereocenters. The first-order valence-corrected chi connectivity index (χ1v) is 12.5. The third kappa shape index (κ3) is 4.39.